The van der Waals surface area contributed by atoms with Gasteiger partial charge in [-0.2, -0.15) is 0 Å². The molecule has 0 fully saturated rings. The third-order valence-electron chi connectivity index (χ3n) is 6.71. The molecule has 3 heterocycles. The van der Waals surface area contributed by atoms with Crippen LogP contribution in [0.3, 0.4) is 0 Å². The van der Waals surface area contributed by atoms with Crippen molar-refractivity contribution in [2.45, 2.75) is 0 Å². The summed E-state index contributed by atoms with van der Waals surface area (Å²) < 4.78 is 2.40. The highest BCUT2D eigenvalue weighted by Crippen LogP contribution is 2.39. The third kappa shape index (κ3) is 3.21. The summed E-state index contributed by atoms with van der Waals surface area (Å²) in [4.78, 5) is 8.87. The van der Waals surface area contributed by atoms with E-state index < -0.39 is 0 Å². The second kappa shape index (κ2) is 7.93. The van der Waals surface area contributed by atoms with Gasteiger partial charge >= 0.3 is 0 Å². The Hall–Kier alpha value is -4.76. The molecule has 3 nitrogen and oxygen atoms in total. The van der Waals surface area contributed by atoms with Gasteiger partial charge in [-0.15, -0.1) is 0 Å². The summed E-state index contributed by atoms with van der Waals surface area (Å²) in [5.74, 6) is 0. The van der Waals surface area contributed by atoms with Crippen LogP contribution in [0.1, 0.15) is 0 Å². The zero-order valence-corrected chi connectivity index (χ0v) is 19.0. The summed E-state index contributed by atoms with van der Waals surface area (Å²) in [7, 11) is 0. The van der Waals surface area contributed by atoms with Crippen LogP contribution >= 0.6 is 0 Å². The molecule has 0 bridgehead atoms. The fourth-order valence-corrected chi connectivity index (χ4v) is 5.09. The van der Waals surface area contributed by atoms with E-state index >= 15 is 0 Å². The fraction of sp³-hybridized carbons (Fsp3) is 0. The largest absolute Gasteiger partial charge is 0.309 e. The number of para-hydroxylation sites is 1. The van der Waals surface area contributed by atoms with Crippen molar-refractivity contribution < 1.29 is 0 Å². The lowest BCUT2D eigenvalue weighted by Gasteiger charge is -2.11. The molecule has 0 aliphatic carbocycles. The Balaban J connectivity index is 1.56. The number of hydrogen-bond acceptors (Lipinski definition) is 2. The summed E-state index contributed by atoms with van der Waals surface area (Å²) in [6, 6.07) is 38.6. The zero-order valence-electron chi connectivity index (χ0n) is 19.0. The molecule has 0 saturated carbocycles. The average molecular weight is 448 g/mol. The van der Waals surface area contributed by atoms with E-state index in [2.05, 4.69) is 106 Å². The minimum atomic E-state index is 0.985. The van der Waals surface area contributed by atoms with E-state index in [4.69, 9.17) is 0 Å². The highest BCUT2D eigenvalue weighted by atomic mass is 15.0. The maximum absolute atomic E-state index is 4.55. The second-order valence-corrected chi connectivity index (χ2v) is 8.76. The van der Waals surface area contributed by atoms with Crippen LogP contribution in [-0.2, 0) is 0 Å². The molecular weight excluding hydrogens is 426 g/mol. The van der Waals surface area contributed by atoms with E-state index in [-0.39, 0.29) is 0 Å². The molecule has 0 saturated heterocycles. The van der Waals surface area contributed by atoms with Gasteiger partial charge in [0.1, 0.15) is 0 Å². The quantitative estimate of drug-likeness (QED) is 0.274. The van der Waals surface area contributed by atoms with E-state index in [1.807, 2.05) is 36.8 Å². The Labute approximate surface area is 203 Å². The van der Waals surface area contributed by atoms with Gasteiger partial charge in [0, 0.05) is 51.6 Å². The monoisotopic (exact) mass is 447 g/mol. The molecule has 4 aromatic carbocycles. The van der Waals surface area contributed by atoms with Gasteiger partial charge < -0.3 is 4.57 Å². The first-order valence-corrected chi connectivity index (χ1v) is 11.7. The standard InChI is InChI=1S/C32H21N3/c1-2-8-26(9-3-1)35-31-20-22(25-7-6-17-33-21-25)11-15-28(31)29-16-12-23-19-24(13-14-27(23)32(29)35)30-10-4-5-18-34-30/h1-21H. The Kier molecular flexibility index (Phi) is 4.46. The van der Waals surface area contributed by atoms with Crippen LogP contribution in [0, 0.1) is 0 Å². The smallest absolute Gasteiger partial charge is 0.0702 e. The molecule has 3 aromatic heterocycles. The van der Waals surface area contributed by atoms with Gasteiger partial charge in [0.05, 0.1) is 16.7 Å². The van der Waals surface area contributed by atoms with E-state index in [9.17, 15) is 0 Å². The Bertz CT molecular complexity index is 1820. The van der Waals surface area contributed by atoms with Gasteiger partial charge in [0.2, 0.25) is 0 Å². The predicted molar refractivity (Wildman–Crippen MR) is 145 cm³/mol. The molecule has 0 unspecified atom stereocenters. The number of hydrogen-bond donors (Lipinski definition) is 0. The highest BCUT2D eigenvalue weighted by Gasteiger charge is 2.16. The van der Waals surface area contributed by atoms with Crippen LogP contribution in [0.5, 0.6) is 0 Å². The van der Waals surface area contributed by atoms with Crippen molar-refractivity contribution in [1.82, 2.24) is 14.5 Å². The molecule has 0 N–H and O–H groups in total. The zero-order chi connectivity index (χ0) is 23.2. The summed E-state index contributed by atoms with van der Waals surface area (Å²) in [6.07, 6.45) is 5.58. The van der Waals surface area contributed by atoms with Crippen LogP contribution in [0.25, 0.3) is 60.6 Å². The van der Waals surface area contributed by atoms with Crippen molar-refractivity contribution >= 4 is 32.6 Å². The Morgan fingerprint density at radius 1 is 0.543 bits per heavy atom. The van der Waals surface area contributed by atoms with Gasteiger partial charge in [0.15, 0.2) is 0 Å². The minimum absolute atomic E-state index is 0.985. The number of pyridine rings is 2. The van der Waals surface area contributed by atoms with Crippen LogP contribution in [0.4, 0.5) is 0 Å². The third-order valence-corrected chi connectivity index (χ3v) is 6.71. The van der Waals surface area contributed by atoms with E-state index in [1.165, 1.54) is 32.6 Å². The van der Waals surface area contributed by atoms with Crippen molar-refractivity contribution in [3.05, 3.63) is 128 Å². The number of fused-ring (bicyclic) bond motifs is 5. The predicted octanol–water partition coefficient (Wildman–Crippen LogP) is 8.06. The summed E-state index contributed by atoms with van der Waals surface area (Å²) >= 11 is 0. The summed E-state index contributed by atoms with van der Waals surface area (Å²) in [5, 5.41) is 4.92. The summed E-state index contributed by atoms with van der Waals surface area (Å²) in [5.41, 5.74) is 7.94. The molecule has 3 heteroatoms. The molecule has 0 atom stereocenters. The maximum Gasteiger partial charge on any atom is 0.0702 e. The lowest BCUT2D eigenvalue weighted by molar-refractivity contribution is 1.19. The first-order valence-electron chi connectivity index (χ1n) is 11.7. The van der Waals surface area contributed by atoms with Gasteiger partial charge in [-0.1, -0.05) is 66.7 Å². The molecule has 7 rings (SSSR count). The van der Waals surface area contributed by atoms with Crippen molar-refractivity contribution in [2.75, 3.05) is 0 Å². The molecule has 0 amide bonds. The van der Waals surface area contributed by atoms with E-state index in [0.29, 0.717) is 0 Å². The fourth-order valence-electron chi connectivity index (χ4n) is 5.09. The lowest BCUT2D eigenvalue weighted by atomic mass is 10.0. The van der Waals surface area contributed by atoms with Crippen LogP contribution < -0.4 is 0 Å². The van der Waals surface area contributed by atoms with Crippen LogP contribution in [0.2, 0.25) is 0 Å². The van der Waals surface area contributed by atoms with E-state index in [1.54, 1.807) is 0 Å². The van der Waals surface area contributed by atoms with Gasteiger partial charge in [-0.25, -0.2) is 0 Å². The van der Waals surface area contributed by atoms with E-state index in [0.717, 1.165) is 28.1 Å². The van der Waals surface area contributed by atoms with Crippen molar-refractivity contribution in [3.8, 4) is 28.1 Å². The van der Waals surface area contributed by atoms with Crippen molar-refractivity contribution in [2.24, 2.45) is 0 Å². The van der Waals surface area contributed by atoms with Gasteiger partial charge in [-0.3, -0.25) is 9.97 Å². The summed E-state index contributed by atoms with van der Waals surface area (Å²) in [6.45, 7) is 0. The normalized spacial score (nSPS) is 11.4. The highest BCUT2D eigenvalue weighted by molar-refractivity contribution is 6.19. The molecule has 0 radical (unpaired) electrons. The number of benzene rings is 4. The Morgan fingerprint density at radius 2 is 1.37 bits per heavy atom. The number of aromatic nitrogens is 3. The molecule has 164 valence electrons. The van der Waals surface area contributed by atoms with Crippen LogP contribution in [-0.4, -0.2) is 14.5 Å². The average Bonchev–Trinajstić information content (AvgIpc) is 3.28. The molecule has 35 heavy (non-hydrogen) atoms. The molecule has 0 spiro atoms. The molecule has 0 aliphatic heterocycles. The van der Waals surface area contributed by atoms with Gasteiger partial charge in [0.25, 0.3) is 0 Å². The molecule has 7 aromatic rings. The number of rotatable bonds is 3. The first-order chi connectivity index (χ1) is 17.4. The van der Waals surface area contributed by atoms with Gasteiger partial charge in [-0.05, 0) is 53.4 Å². The Morgan fingerprint density at radius 3 is 2.20 bits per heavy atom. The minimum Gasteiger partial charge on any atom is -0.309 e. The maximum atomic E-state index is 4.55. The SMILES string of the molecule is c1ccc(-n2c3cc(-c4cccnc4)ccc3c3ccc4cc(-c5ccccn5)ccc4c32)cc1. The lowest BCUT2D eigenvalue weighted by Crippen LogP contribution is -1.94. The molecule has 0 aliphatic rings. The topological polar surface area (TPSA) is 30.7 Å². The van der Waals surface area contributed by atoms with Crippen molar-refractivity contribution in [1.29, 1.82) is 0 Å². The second-order valence-electron chi connectivity index (χ2n) is 8.76. The van der Waals surface area contributed by atoms with Crippen LogP contribution in [0.15, 0.2) is 128 Å². The first kappa shape index (κ1) is 19.7. The molecular formula is C32H21N3. The van der Waals surface area contributed by atoms with Crippen molar-refractivity contribution in [3.63, 3.8) is 0 Å². The number of nitrogens with zero attached hydrogens (tertiary/aromatic N) is 3.